The molecule has 0 aliphatic heterocycles. The first kappa shape index (κ1) is 17.2. The van der Waals surface area contributed by atoms with Crippen LogP contribution in [-0.4, -0.2) is 42.0 Å². The van der Waals surface area contributed by atoms with Crippen molar-refractivity contribution >= 4 is 23.4 Å². The van der Waals surface area contributed by atoms with Gasteiger partial charge in [0.25, 0.3) is 0 Å². The van der Waals surface area contributed by atoms with Crippen LogP contribution in [0.4, 0.5) is 23.4 Å². The predicted molar refractivity (Wildman–Crippen MR) is 103 cm³/mol. The van der Waals surface area contributed by atoms with Gasteiger partial charge in [0, 0.05) is 11.8 Å². The molecule has 4 rings (SSSR count). The van der Waals surface area contributed by atoms with Gasteiger partial charge in [-0.1, -0.05) is 31.0 Å². The number of rotatable bonds is 5. The van der Waals surface area contributed by atoms with E-state index in [1.807, 2.05) is 30.3 Å². The standard InChI is InChI=1S/C18H22N8O/c19-17-24-18(22-12-6-2-1-3-7-12)25-26(17)16-10-15(20-11-21-16)23-13-8-4-5-9-14(13)27/h1-3,6-7,10-11,13-14,27H,4-5,8-9H2,(H,20,21,23)(H3,19,22,24,25). The lowest BCUT2D eigenvalue weighted by Crippen LogP contribution is -2.36. The van der Waals surface area contributed by atoms with Crippen LogP contribution in [-0.2, 0) is 0 Å². The second-order valence-electron chi connectivity index (χ2n) is 6.56. The van der Waals surface area contributed by atoms with E-state index in [0.29, 0.717) is 17.6 Å². The Morgan fingerprint density at radius 1 is 1.11 bits per heavy atom. The van der Waals surface area contributed by atoms with Crippen molar-refractivity contribution < 1.29 is 5.11 Å². The molecule has 140 valence electrons. The van der Waals surface area contributed by atoms with E-state index in [2.05, 4.69) is 30.7 Å². The summed E-state index contributed by atoms with van der Waals surface area (Å²) in [4.78, 5) is 12.7. The molecular formula is C18H22N8O. The molecule has 0 spiro atoms. The van der Waals surface area contributed by atoms with Crippen molar-refractivity contribution in [3.63, 3.8) is 0 Å². The number of benzene rings is 1. The van der Waals surface area contributed by atoms with Crippen LogP contribution in [0.1, 0.15) is 25.7 Å². The largest absolute Gasteiger partial charge is 0.391 e. The highest BCUT2D eigenvalue weighted by molar-refractivity contribution is 5.54. The molecule has 27 heavy (non-hydrogen) atoms. The van der Waals surface area contributed by atoms with Gasteiger partial charge in [0.05, 0.1) is 12.1 Å². The van der Waals surface area contributed by atoms with Crippen LogP contribution in [0.25, 0.3) is 5.82 Å². The van der Waals surface area contributed by atoms with E-state index < -0.39 is 0 Å². The summed E-state index contributed by atoms with van der Waals surface area (Å²) in [6.45, 7) is 0. The van der Waals surface area contributed by atoms with Gasteiger partial charge in [0.15, 0.2) is 5.82 Å². The molecule has 0 saturated heterocycles. The van der Waals surface area contributed by atoms with Crippen LogP contribution in [0, 0.1) is 0 Å². The molecule has 1 aromatic carbocycles. The summed E-state index contributed by atoms with van der Waals surface area (Å²) in [6, 6.07) is 11.3. The van der Waals surface area contributed by atoms with E-state index in [9.17, 15) is 5.11 Å². The molecule has 9 heteroatoms. The number of nitrogens with one attached hydrogen (secondary N) is 2. The van der Waals surface area contributed by atoms with Gasteiger partial charge in [-0.15, -0.1) is 5.10 Å². The van der Waals surface area contributed by atoms with Crippen LogP contribution in [0.5, 0.6) is 0 Å². The number of nitrogen functional groups attached to an aromatic ring is 1. The van der Waals surface area contributed by atoms with Crippen LogP contribution in [0.2, 0.25) is 0 Å². The van der Waals surface area contributed by atoms with Gasteiger partial charge in [0.2, 0.25) is 11.9 Å². The number of anilines is 4. The molecule has 0 amide bonds. The Hall–Kier alpha value is -3.20. The van der Waals surface area contributed by atoms with E-state index in [0.717, 1.165) is 31.4 Å². The summed E-state index contributed by atoms with van der Waals surface area (Å²) in [5.74, 6) is 1.73. The van der Waals surface area contributed by atoms with Crippen molar-refractivity contribution in [2.24, 2.45) is 0 Å². The minimum atomic E-state index is -0.365. The van der Waals surface area contributed by atoms with E-state index in [1.165, 1.54) is 11.0 Å². The highest BCUT2D eigenvalue weighted by Gasteiger charge is 2.23. The van der Waals surface area contributed by atoms with Crippen LogP contribution in [0.15, 0.2) is 42.7 Å². The average Bonchev–Trinajstić information content (AvgIpc) is 3.05. The summed E-state index contributed by atoms with van der Waals surface area (Å²) in [5.41, 5.74) is 6.88. The van der Waals surface area contributed by atoms with Gasteiger partial charge >= 0.3 is 0 Å². The molecule has 1 fully saturated rings. The van der Waals surface area contributed by atoms with Gasteiger partial charge in [-0.25, -0.2) is 9.97 Å². The molecule has 2 unspecified atom stereocenters. The van der Waals surface area contributed by atoms with Crippen molar-refractivity contribution in [2.75, 3.05) is 16.4 Å². The van der Waals surface area contributed by atoms with E-state index in [1.54, 1.807) is 6.07 Å². The zero-order chi connectivity index (χ0) is 18.6. The third-order valence-electron chi connectivity index (χ3n) is 4.59. The van der Waals surface area contributed by atoms with Crippen LogP contribution >= 0.6 is 0 Å². The Bertz CT molecular complexity index is 897. The van der Waals surface area contributed by atoms with Crippen molar-refractivity contribution in [1.29, 1.82) is 0 Å². The Balaban J connectivity index is 1.53. The van der Waals surface area contributed by atoms with Crippen LogP contribution < -0.4 is 16.4 Å². The molecule has 1 aliphatic carbocycles. The zero-order valence-corrected chi connectivity index (χ0v) is 14.8. The van der Waals surface area contributed by atoms with Crippen molar-refractivity contribution in [2.45, 2.75) is 37.8 Å². The maximum Gasteiger partial charge on any atom is 0.248 e. The zero-order valence-electron chi connectivity index (χ0n) is 14.8. The molecule has 1 aliphatic rings. The summed E-state index contributed by atoms with van der Waals surface area (Å²) in [6.07, 6.45) is 4.95. The van der Waals surface area contributed by atoms with E-state index in [4.69, 9.17) is 5.73 Å². The average molecular weight is 366 g/mol. The Labute approximate surface area is 156 Å². The number of hydrogen-bond donors (Lipinski definition) is 4. The Morgan fingerprint density at radius 2 is 1.93 bits per heavy atom. The van der Waals surface area contributed by atoms with E-state index in [-0.39, 0.29) is 18.1 Å². The number of para-hydroxylation sites is 1. The first-order valence-corrected chi connectivity index (χ1v) is 9.01. The summed E-state index contributed by atoms with van der Waals surface area (Å²) in [5, 5.41) is 20.9. The van der Waals surface area contributed by atoms with Gasteiger partial charge in [-0.2, -0.15) is 9.67 Å². The molecule has 2 heterocycles. The predicted octanol–water partition coefficient (Wildman–Crippen LogP) is 2.10. The fourth-order valence-corrected chi connectivity index (χ4v) is 3.21. The third-order valence-corrected chi connectivity index (χ3v) is 4.59. The molecule has 0 radical (unpaired) electrons. The van der Waals surface area contributed by atoms with E-state index >= 15 is 0 Å². The molecule has 2 aromatic heterocycles. The Morgan fingerprint density at radius 3 is 2.74 bits per heavy atom. The summed E-state index contributed by atoms with van der Waals surface area (Å²) >= 11 is 0. The maximum atomic E-state index is 10.1. The number of aliphatic hydroxyl groups excluding tert-OH is 1. The highest BCUT2D eigenvalue weighted by atomic mass is 16.3. The second-order valence-corrected chi connectivity index (χ2v) is 6.56. The van der Waals surface area contributed by atoms with Crippen molar-refractivity contribution in [3.8, 4) is 5.82 Å². The van der Waals surface area contributed by atoms with Crippen LogP contribution in [0.3, 0.4) is 0 Å². The SMILES string of the molecule is Nc1nc(Nc2ccccc2)nn1-c1cc(NC2CCCCC2O)ncn1. The number of nitrogens with two attached hydrogens (primary N) is 1. The van der Waals surface area contributed by atoms with Gasteiger partial charge in [-0.3, -0.25) is 0 Å². The molecule has 3 aromatic rings. The molecule has 5 N–H and O–H groups in total. The number of aliphatic hydroxyl groups is 1. The molecule has 1 saturated carbocycles. The number of aromatic nitrogens is 5. The quantitative estimate of drug-likeness (QED) is 0.541. The topological polar surface area (TPSA) is 127 Å². The molecule has 2 atom stereocenters. The summed E-state index contributed by atoms with van der Waals surface area (Å²) < 4.78 is 1.45. The molecule has 9 nitrogen and oxygen atoms in total. The molecular weight excluding hydrogens is 344 g/mol. The first-order chi connectivity index (χ1) is 13.2. The van der Waals surface area contributed by atoms with Crippen molar-refractivity contribution in [3.05, 3.63) is 42.7 Å². The minimum absolute atomic E-state index is 0.00935. The lowest BCUT2D eigenvalue weighted by Gasteiger charge is -2.28. The van der Waals surface area contributed by atoms with Gasteiger partial charge in [0.1, 0.15) is 12.1 Å². The summed E-state index contributed by atoms with van der Waals surface area (Å²) in [7, 11) is 0. The van der Waals surface area contributed by atoms with Gasteiger partial charge in [-0.05, 0) is 25.0 Å². The minimum Gasteiger partial charge on any atom is -0.391 e. The van der Waals surface area contributed by atoms with Crippen molar-refractivity contribution in [1.82, 2.24) is 24.7 Å². The second kappa shape index (κ2) is 7.58. The lowest BCUT2D eigenvalue weighted by atomic mass is 9.93. The highest BCUT2D eigenvalue weighted by Crippen LogP contribution is 2.22. The number of nitrogens with zero attached hydrogens (tertiary/aromatic N) is 5. The third kappa shape index (κ3) is 3.98. The lowest BCUT2D eigenvalue weighted by molar-refractivity contribution is 0.116. The number of hydrogen-bond acceptors (Lipinski definition) is 8. The first-order valence-electron chi connectivity index (χ1n) is 9.01. The normalized spacial score (nSPS) is 19.6. The Kier molecular flexibility index (Phi) is 4.84. The fraction of sp³-hybridized carbons (Fsp3) is 0.333. The molecule has 0 bridgehead atoms. The monoisotopic (exact) mass is 366 g/mol. The maximum absolute atomic E-state index is 10.1. The van der Waals surface area contributed by atoms with Gasteiger partial charge < -0.3 is 21.5 Å². The smallest absolute Gasteiger partial charge is 0.248 e. The fourth-order valence-electron chi connectivity index (χ4n) is 3.21.